The highest BCUT2D eigenvalue weighted by atomic mass is 16.2. The molecule has 2 aromatic rings. The van der Waals surface area contributed by atoms with E-state index in [4.69, 9.17) is 0 Å². The van der Waals surface area contributed by atoms with Crippen LogP contribution in [0.4, 0.5) is 0 Å². The molecule has 0 bridgehead atoms. The number of hydrogen-bond donors (Lipinski definition) is 0. The summed E-state index contributed by atoms with van der Waals surface area (Å²) in [5.74, 6) is 0.148. The molecule has 0 radical (unpaired) electrons. The first-order valence-corrected chi connectivity index (χ1v) is 8.99. The Hall–Kier alpha value is -2.29. The van der Waals surface area contributed by atoms with Crippen LogP contribution in [0.1, 0.15) is 54.7 Å². The van der Waals surface area contributed by atoms with Crippen molar-refractivity contribution in [3.05, 3.63) is 59.4 Å². The monoisotopic (exact) mass is 322 g/mol. The standard InChI is InChI=1S/C21H26N2O/c1-3-22(4-2)21(24)19-13-15-23-14-9-8-12-18(20(19)23)16-17-10-6-5-7-11-17/h5-7,10-11,13,15-16H,3-4,8-9,12,14H2,1-2H3/b18-16+. The molecule has 3 heteroatoms. The molecule has 1 aromatic carbocycles. The number of allylic oxidation sites excluding steroid dienone is 1. The molecule has 126 valence electrons. The molecule has 0 saturated carbocycles. The Morgan fingerprint density at radius 1 is 1.12 bits per heavy atom. The van der Waals surface area contributed by atoms with Crippen molar-refractivity contribution in [3.63, 3.8) is 0 Å². The topological polar surface area (TPSA) is 25.2 Å². The number of amides is 1. The lowest BCUT2D eigenvalue weighted by Gasteiger charge is -2.20. The quantitative estimate of drug-likeness (QED) is 0.801. The Labute approximate surface area is 144 Å². The van der Waals surface area contributed by atoms with Crippen molar-refractivity contribution in [2.45, 2.75) is 39.7 Å². The fourth-order valence-electron chi connectivity index (χ4n) is 3.48. The number of hydrogen-bond acceptors (Lipinski definition) is 1. The van der Waals surface area contributed by atoms with Gasteiger partial charge in [-0.15, -0.1) is 0 Å². The maximum absolute atomic E-state index is 12.9. The largest absolute Gasteiger partial charge is 0.347 e. The maximum Gasteiger partial charge on any atom is 0.256 e. The first-order chi connectivity index (χ1) is 11.7. The van der Waals surface area contributed by atoms with Crippen LogP contribution in [0.5, 0.6) is 0 Å². The SMILES string of the molecule is CCN(CC)C(=O)c1ccn2c1/C(=C/c1ccccc1)CCCC2. The molecule has 24 heavy (non-hydrogen) atoms. The van der Waals surface area contributed by atoms with Gasteiger partial charge < -0.3 is 9.47 Å². The van der Waals surface area contributed by atoms with Gasteiger partial charge in [0.2, 0.25) is 0 Å². The molecule has 0 saturated heterocycles. The van der Waals surface area contributed by atoms with E-state index in [2.05, 4.69) is 41.1 Å². The van der Waals surface area contributed by atoms with Crippen LogP contribution in [0.15, 0.2) is 42.6 Å². The maximum atomic E-state index is 12.9. The van der Waals surface area contributed by atoms with Crippen molar-refractivity contribution >= 4 is 17.6 Å². The third-order valence-electron chi connectivity index (χ3n) is 4.78. The molecule has 0 atom stereocenters. The molecule has 1 amide bonds. The zero-order valence-electron chi connectivity index (χ0n) is 14.7. The molecule has 0 aliphatic carbocycles. The van der Waals surface area contributed by atoms with Gasteiger partial charge in [-0.2, -0.15) is 0 Å². The minimum Gasteiger partial charge on any atom is -0.347 e. The van der Waals surface area contributed by atoms with Crippen LogP contribution in [0.2, 0.25) is 0 Å². The second-order valence-corrected chi connectivity index (χ2v) is 6.29. The van der Waals surface area contributed by atoms with E-state index in [1.165, 1.54) is 17.6 Å². The first-order valence-electron chi connectivity index (χ1n) is 8.99. The van der Waals surface area contributed by atoms with Crippen LogP contribution in [0.25, 0.3) is 11.6 Å². The van der Waals surface area contributed by atoms with Gasteiger partial charge in [0.15, 0.2) is 0 Å². The smallest absolute Gasteiger partial charge is 0.256 e. The summed E-state index contributed by atoms with van der Waals surface area (Å²) >= 11 is 0. The van der Waals surface area contributed by atoms with Gasteiger partial charge in [-0.05, 0) is 56.4 Å². The van der Waals surface area contributed by atoms with E-state index < -0.39 is 0 Å². The number of nitrogens with zero attached hydrogens (tertiary/aromatic N) is 2. The van der Waals surface area contributed by atoms with Crippen LogP contribution in [-0.2, 0) is 6.54 Å². The average molecular weight is 322 g/mol. The minimum atomic E-state index is 0.148. The summed E-state index contributed by atoms with van der Waals surface area (Å²) in [6.07, 6.45) is 7.68. The van der Waals surface area contributed by atoms with E-state index >= 15 is 0 Å². The predicted octanol–water partition coefficient (Wildman–Crippen LogP) is 4.69. The zero-order chi connectivity index (χ0) is 16.9. The fraction of sp³-hybridized carbons (Fsp3) is 0.381. The van der Waals surface area contributed by atoms with Crippen LogP contribution >= 0.6 is 0 Å². The number of benzene rings is 1. The van der Waals surface area contributed by atoms with E-state index in [1.54, 1.807) is 0 Å². The Morgan fingerprint density at radius 2 is 1.88 bits per heavy atom. The molecule has 3 rings (SSSR count). The van der Waals surface area contributed by atoms with Gasteiger partial charge in [0, 0.05) is 25.8 Å². The molecule has 2 heterocycles. The van der Waals surface area contributed by atoms with Gasteiger partial charge >= 0.3 is 0 Å². The number of fused-ring (bicyclic) bond motifs is 1. The van der Waals surface area contributed by atoms with Crippen molar-refractivity contribution in [1.29, 1.82) is 0 Å². The van der Waals surface area contributed by atoms with E-state index in [-0.39, 0.29) is 5.91 Å². The molecule has 0 N–H and O–H groups in total. The summed E-state index contributed by atoms with van der Waals surface area (Å²) in [5, 5.41) is 0. The molecular formula is C21H26N2O. The van der Waals surface area contributed by atoms with Gasteiger partial charge in [0.05, 0.1) is 11.3 Å². The van der Waals surface area contributed by atoms with Crippen molar-refractivity contribution in [1.82, 2.24) is 9.47 Å². The van der Waals surface area contributed by atoms with Gasteiger partial charge in [-0.25, -0.2) is 0 Å². The number of rotatable bonds is 4. The second-order valence-electron chi connectivity index (χ2n) is 6.29. The Morgan fingerprint density at radius 3 is 2.58 bits per heavy atom. The number of aryl methyl sites for hydroxylation is 1. The lowest BCUT2D eigenvalue weighted by atomic mass is 10.00. The van der Waals surface area contributed by atoms with Gasteiger partial charge in [0.1, 0.15) is 0 Å². The van der Waals surface area contributed by atoms with Crippen molar-refractivity contribution < 1.29 is 4.79 Å². The lowest BCUT2D eigenvalue weighted by Crippen LogP contribution is -2.31. The van der Waals surface area contributed by atoms with Crippen LogP contribution in [0, 0.1) is 0 Å². The number of aromatic nitrogens is 1. The second kappa shape index (κ2) is 7.52. The highest BCUT2D eigenvalue weighted by molar-refractivity contribution is 6.00. The van der Waals surface area contributed by atoms with Crippen LogP contribution in [-0.4, -0.2) is 28.5 Å². The molecule has 1 aliphatic rings. The molecular weight excluding hydrogens is 296 g/mol. The van der Waals surface area contributed by atoms with Crippen molar-refractivity contribution in [2.75, 3.05) is 13.1 Å². The number of carbonyl (C=O) groups is 1. The highest BCUT2D eigenvalue weighted by Gasteiger charge is 2.23. The third kappa shape index (κ3) is 3.30. The van der Waals surface area contributed by atoms with E-state index in [1.807, 2.05) is 30.9 Å². The zero-order valence-corrected chi connectivity index (χ0v) is 14.7. The third-order valence-corrected chi connectivity index (χ3v) is 4.78. The number of carbonyl (C=O) groups excluding carboxylic acids is 1. The molecule has 0 unspecified atom stereocenters. The molecule has 3 nitrogen and oxygen atoms in total. The van der Waals surface area contributed by atoms with E-state index in [0.29, 0.717) is 0 Å². The van der Waals surface area contributed by atoms with Gasteiger partial charge in [0.25, 0.3) is 5.91 Å². The van der Waals surface area contributed by atoms with Crippen LogP contribution < -0.4 is 0 Å². The lowest BCUT2D eigenvalue weighted by molar-refractivity contribution is 0.0772. The van der Waals surface area contributed by atoms with E-state index in [9.17, 15) is 4.79 Å². The Bertz CT molecular complexity index is 724. The normalized spacial score (nSPS) is 15.8. The summed E-state index contributed by atoms with van der Waals surface area (Å²) in [4.78, 5) is 14.8. The Kier molecular flexibility index (Phi) is 5.19. The molecule has 1 aliphatic heterocycles. The van der Waals surface area contributed by atoms with E-state index in [0.717, 1.165) is 43.7 Å². The molecule has 0 spiro atoms. The molecule has 0 fully saturated rings. The minimum absolute atomic E-state index is 0.148. The van der Waals surface area contributed by atoms with Crippen molar-refractivity contribution in [2.24, 2.45) is 0 Å². The summed E-state index contributed by atoms with van der Waals surface area (Å²) in [6.45, 7) is 6.57. The summed E-state index contributed by atoms with van der Waals surface area (Å²) in [5.41, 5.74) is 4.44. The van der Waals surface area contributed by atoms with Gasteiger partial charge in [-0.1, -0.05) is 30.3 Å². The Balaban J connectivity index is 2.06. The predicted molar refractivity (Wildman–Crippen MR) is 99.8 cm³/mol. The first kappa shape index (κ1) is 16.6. The van der Waals surface area contributed by atoms with Crippen LogP contribution in [0.3, 0.4) is 0 Å². The van der Waals surface area contributed by atoms with Crippen molar-refractivity contribution in [3.8, 4) is 0 Å². The average Bonchev–Trinajstić information content (AvgIpc) is 2.93. The summed E-state index contributed by atoms with van der Waals surface area (Å²) in [6, 6.07) is 12.4. The van der Waals surface area contributed by atoms with Gasteiger partial charge in [-0.3, -0.25) is 4.79 Å². The fourth-order valence-corrected chi connectivity index (χ4v) is 3.48. The molecule has 1 aromatic heterocycles. The summed E-state index contributed by atoms with van der Waals surface area (Å²) in [7, 11) is 0. The highest BCUT2D eigenvalue weighted by Crippen LogP contribution is 2.31. The summed E-state index contributed by atoms with van der Waals surface area (Å²) < 4.78 is 2.26.